The van der Waals surface area contributed by atoms with E-state index in [1.54, 1.807) is 0 Å². The average molecular weight is 511 g/mol. The summed E-state index contributed by atoms with van der Waals surface area (Å²) in [5.41, 5.74) is 10.3. The first-order valence-electron chi connectivity index (χ1n) is 13.8. The van der Waals surface area contributed by atoms with Gasteiger partial charge in [-0.1, -0.05) is 97.1 Å². The topological polar surface area (TPSA) is 29.9 Å². The highest BCUT2D eigenvalue weighted by atomic mass is 16.5. The molecule has 1 atom stereocenters. The lowest BCUT2D eigenvalue weighted by Gasteiger charge is -2.45. The van der Waals surface area contributed by atoms with Crippen molar-refractivity contribution in [2.75, 3.05) is 0 Å². The molecule has 0 saturated heterocycles. The predicted molar refractivity (Wildman–Crippen MR) is 162 cm³/mol. The van der Waals surface area contributed by atoms with Crippen molar-refractivity contribution in [2.45, 2.75) is 5.41 Å². The fourth-order valence-corrected chi connectivity index (χ4v) is 7.71. The van der Waals surface area contributed by atoms with Crippen molar-refractivity contribution < 1.29 is 4.74 Å². The molecule has 8 aromatic rings. The van der Waals surface area contributed by atoms with Crippen LogP contribution in [-0.2, 0) is 5.41 Å². The normalized spacial score (nSPS) is 16.8. The van der Waals surface area contributed by atoms with Gasteiger partial charge in [-0.25, -0.2) is 0 Å². The Morgan fingerprint density at radius 2 is 1.25 bits per heavy atom. The first kappa shape index (κ1) is 20.7. The molecular formula is C37H22N2O. The molecule has 2 aromatic heterocycles. The molecule has 0 amide bonds. The molecule has 0 radical (unpaired) electrons. The van der Waals surface area contributed by atoms with E-state index in [1.165, 1.54) is 55.1 Å². The summed E-state index contributed by atoms with van der Waals surface area (Å²) in [5, 5.41) is 4.87. The summed E-state index contributed by atoms with van der Waals surface area (Å²) in [4.78, 5) is 3.63. The molecule has 0 fully saturated rings. The van der Waals surface area contributed by atoms with E-state index >= 15 is 0 Å². The van der Waals surface area contributed by atoms with Crippen LogP contribution in [0.4, 0.5) is 0 Å². The molecule has 4 heterocycles. The quantitative estimate of drug-likeness (QED) is 0.216. The number of ether oxygens (including phenoxy) is 1. The number of nitrogens with zero attached hydrogens (tertiary/aromatic N) is 1. The maximum absolute atomic E-state index is 6.92. The molecular weight excluding hydrogens is 488 g/mol. The summed E-state index contributed by atoms with van der Waals surface area (Å²) in [5.74, 6) is 1.84. The summed E-state index contributed by atoms with van der Waals surface area (Å²) in [6, 6.07) is 46.2. The lowest BCUT2D eigenvalue weighted by molar-refractivity contribution is 0.439. The molecule has 0 saturated carbocycles. The highest BCUT2D eigenvalue weighted by Crippen LogP contribution is 2.61. The van der Waals surface area contributed by atoms with Crippen molar-refractivity contribution in [1.82, 2.24) is 9.55 Å². The molecule has 2 aliphatic heterocycles. The van der Waals surface area contributed by atoms with Gasteiger partial charge in [0.1, 0.15) is 11.5 Å². The predicted octanol–water partition coefficient (Wildman–Crippen LogP) is 9.22. The van der Waals surface area contributed by atoms with Crippen LogP contribution in [0.2, 0.25) is 0 Å². The number of aromatic amines is 1. The third kappa shape index (κ3) is 2.22. The van der Waals surface area contributed by atoms with E-state index in [9.17, 15) is 0 Å². The summed E-state index contributed by atoms with van der Waals surface area (Å²) < 4.78 is 9.39. The fraction of sp³-hybridized carbons (Fsp3) is 0.0270. The smallest absolute Gasteiger partial charge is 0.142 e. The zero-order valence-electron chi connectivity index (χ0n) is 21.5. The van der Waals surface area contributed by atoms with Crippen molar-refractivity contribution >= 4 is 43.6 Å². The van der Waals surface area contributed by atoms with Gasteiger partial charge in [0.25, 0.3) is 0 Å². The van der Waals surface area contributed by atoms with Crippen molar-refractivity contribution in [3.63, 3.8) is 0 Å². The van der Waals surface area contributed by atoms with Crippen LogP contribution in [-0.4, -0.2) is 9.55 Å². The molecule has 10 rings (SSSR count). The van der Waals surface area contributed by atoms with Gasteiger partial charge in [-0.05, 0) is 41.5 Å². The second-order valence-corrected chi connectivity index (χ2v) is 11.0. The standard InChI is InChI=1S/C37H22N2O/c1-5-16-29-24(11-1)34-30(38-29)21-20-28-36(34)40-33-19-8-4-14-26(33)37(28)25-13-3-7-18-32(25)39-31-17-6-2-10-22(31)23-12-9-15-27(37)35(23)39/h1-21,38H. The zero-order chi connectivity index (χ0) is 26.0. The van der Waals surface area contributed by atoms with E-state index in [2.05, 4.69) is 137 Å². The van der Waals surface area contributed by atoms with Crippen LogP contribution in [0.5, 0.6) is 11.5 Å². The highest BCUT2D eigenvalue weighted by molar-refractivity contribution is 6.14. The molecule has 2 aliphatic rings. The highest BCUT2D eigenvalue weighted by Gasteiger charge is 2.50. The average Bonchev–Trinajstić information content (AvgIpc) is 3.56. The lowest BCUT2D eigenvalue weighted by Crippen LogP contribution is -2.37. The number of aromatic nitrogens is 2. The van der Waals surface area contributed by atoms with Crippen molar-refractivity contribution in [1.29, 1.82) is 0 Å². The maximum Gasteiger partial charge on any atom is 0.142 e. The third-order valence-electron chi connectivity index (χ3n) is 9.18. The SMILES string of the molecule is c1ccc2c(c1)Oc1c(ccc3[nH]c4ccccc4c13)C21c2ccccc2-n2c3ccccc3c3cccc1c32. The Balaban J connectivity index is 1.49. The molecule has 1 N–H and O–H groups in total. The van der Waals surface area contributed by atoms with Crippen LogP contribution >= 0.6 is 0 Å². The Hall–Kier alpha value is -5.28. The van der Waals surface area contributed by atoms with Gasteiger partial charge >= 0.3 is 0 Å². The Morgan fingerprint density at radius 3 is 2.20 bits per heavy atom. The van der Waals surface area contributed by atoms with Crippen LogP contribution in [0, 0.1) is 0 Å². The van der Waals surface area contributed by atoms with Crippen LogP contribution < -0.4 is 4.74 Å². The molecule has 3 nitrogen and oxygen atoms in total. The van der Waals surface area contributed by atoms with Gasteiger partial charge in [-0.15, -0.1) is 0 Å². The van der Waals surface area contributed by atoms with E-state index in [4.69, 9.17) is 4.74 Å². The number of nitrogens with one attached hydrogen (secondary N) is 1. The Morgan fingerprint density at radius 1 is 0.525 bits per heavy atom. The minimum absolute atomic E-state index is 0.544. The number of para-hydroxylation sites is 5. The van der Waals surface area contributed by atoms with E-state index in [1.807, 2.05) is 0 Å². The first-order chi connectivity index (χ1) is 19.9. The van der Waals surface area contributed by atoms with Crippen molar-refractivity contribution in [2.24, 2.45) is 0 Å². The van der Waals surface area contributed by atoms with E-state index < -0.39 is 5.41 Å². The first-order valence-corrected chi connectivity index (χ1v) is 13.8. The molecule has 186 valence electrons. The molecule has 1 spiro atoms. The van der Waals surface area contributed by atoms with Crippen LogP contribution in [0.25, 0.3) is 49.3 Å². The molecule has 1 unspecified atom stereocenters. The van der Waals surface area contributed by atoms with Crippen LogP contribution in [0.1, 0.15) is 22.3 Å². The van der Waals surface area contributed by atoms with Gasteiger partial charge in [0.15, 0.2) is 0 Å². The Kier molecular flexibility index (Phi) is 3.62. The minimum Gasteiger partial charge on any atom is -0.456 e. The molecule has 40 heavy (non-hydrogen) atoms. The molecule has 0 aliphatic carbocycles. The third-order valence-corrected chi connectivity index (χ3v) is 9.18. The number of benzene rings is 6. The van der Waals surface area contributed by atoms with Gasteiger partial charge in [0, 0.05) is 32.8 Å². The second-order valence-electron chi connectivity index (χ2n) is 11.0. The Labute approximate surface area is 229 Å². The van der Waals surface area contributed by atoms with E-state index in [0.29, 0.717) is 0 Å². The van der Waals surface area contributed by atoms with E-state index in [0.717, 1.165) is 27.9 Å². The van der Waals surface area contributed by atoms with Crippen LogP contribution in [0.15, 0.2) is 127 Å². The second kappa shape index (κ2) is 7.02. The number of hydrogen-bond donors (Lipinski definition) is 1. The lowest BCUT2D eigenvalue weighted by atomic mass is 9.61. The number of hydrogen-bond acceptors (Lipinski definition) is 1. The summed E-state index contributed by atoms with van der Waals surface area (Å²) >= 11 is 0. The van der Waals surface area contributed by atoms with Gasteiger partial charge < -0.3 is 14.3 Å². The van der Waals surface area contributed by atoms with Gasteiger partial charge in [0.05, 0.1) is 33.0 Å². The van der Waals surface area contributed by atoms with Gasteiger partial charge in [-0.2, -0.15) is 0 Å². The monoisotopic (exact) mass is 510 g/mol. The van der Waals surface area contributed by atoms with E-state index in [-0.39, 0.29) is 0 Å². The number of rotatable bonds is 0. The summed E-state index contributed by atoms with van der Waals surface area (Å²) in [7, 11) is 0. The molecule has 3 heteroatoms. The zero-order valence-corrected chi connectivity index (χ0v) is 21.5. The number of fused-ring (bicyclic) bond motifs is 15. The van der Waals surface area contributed by atoms with Gasteiger partial charge in [0.2, 0.25) is 0 Å². The number of H-pyrrole nitrogens is 1. The van der Waals surface area contributed by atoms with Crippen molar-refractivity contribution in [3.05, 3.63) is 150 Å². The minimum atomic E-state index is -0.544. The van der Waals surface area contributed by atoms with Crippen LogP contribution in [0.3, 0.4) is 0 Å². The summed E-state index contributed by atoms with van der Waals surface area (Å²) in [6.07, 6.45) is 0. The molecule has 6 aromatic carbocycles. The maximum atomic E-state index is 6.92. The Bertz CT molecular complexity index is 2370. The van der Waals surface area contributed by atoms with Crippen molar-refractivity contribution in [3.8, 4) is 17.2 Å². The van der Waals surface area contributed by atoms with Gasteiger partial charge in [-0.3, -0.25) is 0 Å². The fourth-order valence-electron chi connectivity index (χ4n) is 7.71. The largest absolute Gasteiger partial charge is 0.456 e. The molecule has 0 bridgehead atoms. The summed E-state index contributed by atoms with van der Waals surface area (Å²) in [6.45, 7) is 0.